The minimum Gasteiger partial charge on any atom is -0.634 e. The number of nitrogens with one attached hydrogen (secondary N) is 1. The Hall–Kier alpha value is -0.610. The third-order valence-electron chi connectivity index (χ3n) is 6.24. The van der Waals surface area contributed by atoms with Crippen LogP contribution in [0, 0.1) is 16.5 Å². The number of ether oxygens (including phenoxy) is 1. The molecule has 1 N–H and O–H groups in total. The average Bonchev–Trinajstić information content (AvgIpc) is 2.74. The van der Waals surface area contributed by atoms with E-state index in [4.69, 9.17) is 4.74 Å². The van der Waals surface area contributed by atoms with Gasteiger partial charge in [0.2, 0.25) is 0 Å². The van der Waals surface area contributed by atoms with Crippen molar-refractivity contribution in [2.45, 2.75) is 111 Å². The maximum Gasteiger partial charge on any atom is 0.316 e. The summed E-state index contributed by atoms with van der Waals surface area (Å²) in [5.41, 5.74) is -0.841. The van der Waals surface area contributed by atoms with E-state index >= 15 is 0 Å². The van der Waals surface area contributed by atoms with E-state index < -0.39 is 5.54 Å². The number of hydroxylamine groups is 2. The number of hydrogen-bond donors (Lipinski definition) is 1. The van der Waals surface area contributed by atoms with Gasteiger partial charge in [-0.3, -0.25) is 4.79 Å². The number of rotatable bonds is 13. The van der Waals surface area contributed by atoms with E-state index in [1.807, 2.05) is 27.7 Å². The van der Waals surface area contributed by atoms with Gasteiger partial charge in [-0.1, -0.05) is 78.6 Å². The van der Waals surface area contributed by atoms with Crippen LogP contribution in [0.15, 0.2) is 0 Å². The van der Waals surface area contributed by atoms with Gasteiger partial charge in [-0.2, -0.15) is 0 Å². The van der Waals surface area contributed by atoms with Crippen LogP contribution in [0.1, 0.15) is 105 Å². The molecule has 0 aromatic rings. The summed E-state index contributed by atoms with van der Waals surface area (Å²) in [6, 6.07) is 0. The summed E-state index contributed by atoms with van der Waals surface area (Å²) in [4.78, 5) is 12.5. The van der Waals surface area contributed by atoms with Gasteiger partial charge in [-0.15, -0.1) is 0 Å². The zero-order chi connectivity index (χ0) is 19.6. The highest BCUT2D eigenvalue weighted by atomic mass is 16.5. The van der Waals surface area contributed by atoms with Crippen molar-refractivity contribution in [2.24, 2.45) is 11.3 Å². The van der Waals surface area contributed by atoms with Gasteiger partial charge in [-0.05, 0) is 20.3 Å². The van der Waals surface area contributed by atoms with Gasteiger partial charge in [0.1, 0.15) is 11.5 Å². The van der Waals surface area contributed by atoms with Crippen LogP contribution < -0.4 is 5.06 Å². The lowest BCUT2D eigenvalue weighted by Gasteiger charge is -2.38. The van der Waals surface area contributed by atoms with Crippen LogP contribution in [0.25, 0.3) is 0 Å². The fourth-order valence-corrected chi connectivity index (χ4v) is 4.81. The van der Waals surface area contributed by atoms with Crippen molar-refractivity contribution in [2.75, 3.05) is 13.2 Å². The molecule has 0 aromatic heterocycles. The first kappa shape index (κ1) is 23.4. The smallest absolute Gasteiger partial charge is 0.316 e. The summed E-state index contributed by atoms with van der Waals surface area (Å²) >= 11 is 0. The number of unbranched alkanes of at least 4 members (excludes halogenated alkanes) is 9. The number of carbonyl (C=O) groups is 1. The second-order valence-corrected chi connectivity index (χ2v) is 9.12. The first-order valence-corrected chi connectivity index (χ1v) is 11.0. The Morgan fingerprint density at radius 3 is 1.96 bits per heavy atom. The summed E-state index contributed by atoms with van der Waals surface area (Å²) < 4.78 is 5.31. The largest absolute Gasteiger partial charge is 0.634 e. The molecule has 0 aromatic carbocycles. The van der Waals surface area contributed by atoms with Crippen LogP contribution >= 0.6 is 0 Å². The monoisotopic (exact) mass is 369 g/mol. The molecule has 1 aliphatic heterocycles. The minimum absolute atomic E-state index is 0.182. The van der Waals surface area contributed by atoms with E-state index in [0.717, 1.165) is 19.3 Å². The first-order chi connectivity index (χ1) is 12.3. The molecular weight excluding hydrogens is 326 g/mol. The predicted molar refractivity (Wildman–Crippen MR) is 108 cm³/mol. The van der Waals surface area contributed by atoms with Crippen LogP contribution in [0.5, 0.6) is 0 Å². The summed E-state index contributed by atoms with van der Waals surface area (Å²) in [6.07, 6.45) is 13.7. The normalized spacial score (nSPS) is 27.6. The van der Waals surface area contributed by atoms with Gasteiger partial charge in [0.05, 0.1) is 13.2 Å². The molecule has 3 atom stereocenters. The summed E-state index contributed by atoms with van der Waals surface area (Å²) in [5.74, 6) is -0.487. The standard InChI is InChI=1S/C22H43NO3/c1-6-8-9-10-11-12-13-14-15-16-17-22(5)19(20(24)26-7-2)21(3,4)18-23(22)25/h19,23H,6-18H2,1-5H3. The van der Waals surface area contributed by atoms with Crippen molar-refractivity contribution in [1.29, 1.82) is 0 Å². The number of quaternary nitrogens is 1. The first-order valence-electron chi connectivity index (χ1n) is 11.0. The predicted octanol–water partition coefficient (Wildman–Crippen LogP) is 4.66. The zero-order valence-electron chi connectivity index (χ0n) is 18.0. The highest BCUT2D eigenvalue weighted by Gasteiger charge is 2.59. The molecule has 0 amide bonds. The van der Waals surface area contributed by atoms with Gasteiger partial charge in [0.15, 0.2) is 0 Å². The van der Waals surface area contributed by atoms with Gasteiger partial charge < -0.3 is 15.0 Å². The maximum absolute atomic E-state index is 12.7. The molecule has 0 spiro atoms. The highest BCUT2D eigenvalue weighted by Crippen LogP contribution is 2.41. The Morgan fingerprint density at radius 2 is 1.46 bits per heavy atom. The molecule has 26 heavy (non-hydrogen) atoms. The molecule has 1 aliphatic rings. The Bertz CT molecular complexity index is 410. The van der Waals surface area contributed by atoms with E-state index in [9.17, 15) is 10.0 Å². The minimum atomic E-state index is -0.546. The summed E-state index contributed by atoms with van der Waals surface area (Å²) in [7, 11) is 0. The Balaban J connectivity index is 2.37. The van der Waals surface area contributed by atoms with Crippen molar-refractivity contribution in [3.05, 3.63) is 5.21 Å². The van der Waals surface area contributed by atoms with E-state index in [0.29, 0.717) is 13.2 Å². The molecule has 0 bridgehead atoms. The fraction of sp³-hybridized carbons (Fsp3) is 0.955. The third kappa shape index (κ3) is 6.53. The van der Waals surface area contributed by atoms with Gasteiger partial charge in [0, 0.05) is 11.8 Å². The molecule has 1 saturated heterocycles. The molecular formula is C22H43NO3. The lowest BCUT2D eigenvalue weighted by Crippen LogP contribution is -3.14. The fourth-order valence-electron chi connectivity index (χ4n) is 4.81. The van der Waals surface area contributed by atoms with Crippen LogP contribution in [-0.2, 0) is 9.53 Å². The van der Waals surface area contributed by atoms with E-state index in [1.165, 1.54) is 51.4 Å². The summed E-state index contributed by atoms with van der Waals surface area (Å²) in [6.45, 7) is 11.0. The quantitative estimate of drug-likeness (QED) is 0.292. The molecule has 0 radical (unpaired) electrons. The van der Waals surface area contributed by atoms with Gasteiger partial charge in [0.25, 0.3) is 0 Å². The Morgan fingerprint density at radius 1 is 0.962 bits per heavy atom. The van der Waals surface area contributed by atoms with Crippen LogP contribution in [0.3, 0.4) is 0 Å². The number of carbonyl (C=O) groups excluding carboxylic acids is 1. The molecule has 1 fully saturated rings. The Labute approximate surface area is 161 Å². The van der Waals surface area contributed by atoms with Crippen molar-refractivity contribution in [3.8, 4) is 0 Å². The molecule has 0 aliphatic carbocycles. The highest BCUT2D eigenvalue weighted by molar-refractivity contribution is 5.75. The van der Waals surface area contributed by atoms with Crippen molar-refractivity contribution in [3.63, 3.8) is 0 Å². The molecule has 154 valence electrons. The van der Waals surface area contributed by atoms with Crippen LogP contribution in [0.4, 0.5) is 0 Å². The SMILES string of the molecule is CCCCCCCCCCCCC1(C)C(C(=O)OCC)C(C)(C)C[NH+]1[O-]. The number of esters is 1. The van der Waals surface area contributed by atoms with E-state index in [2.05, 4.69) is 6.92 Å². The van der Waals surface area contributed by atoms with Crippen molar-refractivity contribution in [1.82, 2.24) is 0 Å². The van der Waals surface area contributed by atoms with Gasteiger partial charge in [-0.25, -0.2) is 0 Å². The van der Waals surface area contributed by atoms with Crippen molar-refractivity contribution >= 4 is 5.97 Å². The molecule has 1 heterocycles. The second kappa shape index (κ2) is 11.3. The molecule has 1 rings (SSSR count). The van der Waals surface area contributed by atoms with E-state index in [-0.39, 0.29) is 22.4 Å². The number of hydrogen-bond acceptors (Lipinski definition) is 3. The molecule has 3 unspecified atom stereocenters. The second-order valence-electron chi connectivity index (χ2n) is 9.12. The molecule has 4 heteroatoms. The zero-order valence-corrected chi connectivity index (χ0v) is 18.0. The Kier molecular flexibility index (Phi) is 10.2. The summed E-state index contributed by atoms with van der Waals surface area (Å²) in [5, 5.41) is 13.0. The topological polar surface area (TPSA) is 53.8 Å². The lowest BCUT2D eigenvalue weighted by molar-refractivity contribution is -0.892. The van der Waals surface area contributed by atoms with Crippen molar-refractivity contribution < 1.29 is 14.6 Å². The molecule has 4 nitrogen and oxygen atoms in total. The average molecular weight is 370 g/mol. The molecule has 0 saturated carbocycles. The maximum atomic E-state index is 12.7. The lowest BCUT2D eigenvalue weighted by atomic mass is 9.71. The van der Waals surface area contributed by atoms with Gasteiger partial charge >= 0.3 is 5.97 Å². The van der Waals surface area contributed by atoms with E-state index in [1.54, 1.807) is 0 Å². The van der Waals surface area contributed by atoms with Crippen LogP contribution in [0.2, 0.25) is 0 Å². The third-order valence-corrected chi connectivity index (χ3v) is 6.24. The van der Waals surface area contributed by atoms with Crippen LogP contribution in [-0.4, -0.2) is 24.7 Å².